The Hall–Kier alpha value is -3.05. The SMILES string of the molecule is CCOC(=O)c1cc(C#N)c(SCc2cc(-c3ccco3)on2)nc1C. The van der Waals surface area contributed by atoms with Gasteiger partial charge >= 0.3 is 5.97 Å². The highest BCUT2D eigenvalue weighted by Crippen LogP contribution is 2.28. The Balaban J connectivity index is 1.77. The molecule has 8 heteroatoms. The first-order valence-electron chi connectivity index (χ1n) is 7.83. The Morgan fingerprint density at radius 2 is 2.23 bits per heavy atom. The molecule has 0 bridgehead atoms. The lowest BCUT2D eigenvalue weighted by atomic mass is 10.1. The molecule has 3 rings (SSSR count). The minimum absolute atomic E-state index is 0.265. The highest BCUT2D eigenvalue weighted by molar-refractivity contribution is 7.98. The van der Waals surface area contributed by atoms with Gasteiger partial charge < -0.3 is 13.7 Å². The first kappa shape index (κ1) is 17.8. The van der Waals surface area contributed by atoms with Gasteiger partial charge in [-0.2, -0.15) is 5.26 Å². The summed E-state index contributed by atoms with van der Waals surface area (Å²) in [5.41, 5.74) is 1.83. The van der Waals surface area contributed by atoms with Crippen molar-refractivity contribution in [3.05, 3.63) is 53.0 Å². The van der Waals surface area contributed by atoms with Crippen LogP contribution in [0.5, 0.6) is 0 Å². The number of rotatable bonds is 6. The second-order valence-electron chi connectivity index (χ2n) is 5.25. The number of furan rings is 1. The normalized spacial score (nSPS) is 10.5. The Morgan fingerprint density at radius 1 is 1.38 bits per heavy atom. The van der Waals surface area contributed by atoms with Gasteiger partial charge in [0.1, 0.15) is 11.1 Å². The summed E-state index contributed by atoms with van der Waals surface area (Å²) in [6, 6.07) is 8.91. The predicted octanol–water partition coefficient (Wildman–Crippen LogP) is 3.98. The molecule has 132 valence electrons. The molecule has 0 aliphatic heterocycles. The van der Waals surface area contributed by atoms with Crippen LogP contribution in [0.15, 0.2) is 44.5 Å². The smallest absolute Gasteiger partial charge is 0.340 e. The van der Waals surface area contributed by atoms with Crippen molar-refractivity contribution in [2.24, 2.45) is 0 Å². The van der Waals surface area contributed by atoms with Gasteiger partial charge in [-0.25, -0.2) is 9.78 Å². The summed E-state index contributed by atoms with van der Waals surface area (Å²) >= 11 is 1.34. The lowest BCUT2D eigenvalue weighted by Gasteiger charge is -2.08. The van der Waals surface area contributed by atoms with Crippen LogP contribution >= 0.6 is 11.8 Å². The molecule has 26 heavy (non-hydrogen) atoms. The summed E-state index contributed by atoms with van der Waals surface area (Å²) in [5, 5.41) is 13.9. The zero-order valence-corrected chi connectivity index (χ0v) is 15.0. The average molecular weight is 369 g/mol. The molecule has 0 radical (unpaired) electrons. The van der Waals surface area contributed by atoms with E-state index in [1.54, 1.807) is 38.3 Å². The Kier molecular flexibility index (Phi) is 5.39. The monoisotopic (exact) mass is 369 g/mol. The van der Waals surface area contributed by atoms with Crippen LogP contribution in [0.1, 0.15) is 34.2 Å². The van der Waals surface area contributed by atoms with E-state index in [1.807, 2.05) is 0 Å². The molecule has 0 saturated carbocycles. The van der Waals surface area contributed by atoms with Gasteiger partial charge in [-0.15, -0.1) is 0 Å². The molecule has 0 fully saturated rings. The quantitative estimate of drug-likeness (QED) is 0.475. The fourth-order valence-electron chi connectivity index (χ4n) is 2.25. The molecule has 0 saturated heterocycles. The van der Waals surface area contributed by atoms with E-state index in [-0.39, 0.29) is 6.61 Å². The van der Waals surface area contributed by atoms with Crippen molar-refractivity contribution >= 4 is 17.7 Å². The molecule has 0 unspecified atom stereocenters. The van der Waals surface area contributed by atoms with Gasteiger partial charge in [0.25, 0.3) is 0 Å². The standard InChI is InChI=1S/C18H15N3O4S/c1-3-23-18(22)14-7-12(9-19)17(20-11(14)2)26-10-13-8-16(25-21-13)15-5-4-6-24-15/h4-8H,3,10H2,1-2H3. The number of thioether (sulfide) groups is 1. The molecule has 3 aromatic rings. The molecule has 7 nitrogen and oxygen atoms in total. The number of aryl methyl sites for hydroxylation is 1. The van der Waals surface area contributed by atoms with E-state index < -0.39 is 5.97 Å². The topological polar surface area (TPSA) is 102 Å². The van der Waals surface area contributed by atoms with E-state index in [0.29, 0.717) is 44.8 Å². The third-order valence-corrected chi connectivity index (χ3v) is 4.50. The van der Waals surface area contributed by atoms with Gasteiger partial charge in [0.2, 0.25) is 5.76 Å². The minimum Gasteiger partial charge on any atom is -0.462 e. The van der Waals surface area contributed by atoms with Crippen molar-refractivity contribution in [2.45, 2.75) is 24.6 Å². The zero-order chi connectivity index (χ0) is 18.5. The molecule has 0 aliphatic rings. The van der Waals surface area contributed by atoms with Gasteiger partial charge in [-0.1, -0.05) is 16.9 Å². The van der Waals surface area contributed by atoms with Gasteiger partial charge in [0, 0.05) is 11.8 Å². The summed E-state index contributed by atoms with van der Waals surface area (Å²) in [6.07, 6.45) is 1.56. The number of hydrogen-bond acceptors (Lipinski definition) is 8. The number of carbonyl (C=O) groups is 1. The molecule has 3 heterocycles. The molecular weight excluding hydrogens is 354 g/mol. The second kappa shape index (κ2) is 7.89. The lowest BCUT2D eigenvalue weighted by molar-refractivity contribution is 0.0524. The summed E-state index contributed by atoms with van der Waals surface area (Å²) < 4.78 is 15.5. The van der Waals surface area contributed by atoms with E-state index >= 15 is 0 Å². The van der Waals surface area contributed by atoms with Gasteiger partial charge in [0.05, 0.1) is 35.4 Å². The van der Waals surface area contributed by atoms with E-state index in [9.17, 15) is 10.1 Å². The van der Waals surface area contributed by atoms with Crippen molar-refractivity contribution < 1.29 is 18.5 Å². The van der Waals surface area contributed by atoms with Crippen molar-refractivity contribution in [3.63, 3.8) is 0 Å². The average Bonchev–Trinajstić information content (AvgIpc) is 3.31. The van der Waals surface area contributed by atoms with Crippen molar-refractivity contribution in [2.75, 3.05) is 6.61 Å². The fourth-order valence-corrected chi connectivity index (χ4v) is 3.13. The maximum absolute atomic E-state index is 11.9. The van der Waals surface area contributed by atoms with Crippen molar-refractivity contribution in [1.29, 1.82) is 5.26 Å². The van der Waals surface area contributed by atoms with Crippen LogP contribution in [-0.4, -0.2) is 22.7 Å². The number of nitriles is 1. The third-order valence-electron chi connectivity index (χ3n) is 3.47. The van der Waals surface area contributed by atoms with Gasteiger partial charge in [0.15, 0.2) is 5.76 Å². The van der Waals surface area contributed by atoms with Gasteiger partial charge in [-0.3, -0.25) is 0 Å². The van der Waals surface area contributed by atoms with Crippen molar-refractivity contribution in [1.82, 2.24) is 10.1 Å². The highest BCUT2D eigenvalue weighted by atomic mass is 32.2. The van der Waals surface area contributed by atoms with Crippen LogP contribution in [0.3, 0.4) is 0 Å². The Bertz CT molecular complexity index is 957. The first-order valence-corrected chi connectivity index (χ1v) is 8.82. The van der Waals surface area contributed by atoms with E-state index in [2.05, 4.69) is 16.2 Å². The van der Waals surface area contributed by atoms with Crippen LogP contribution in [-0.2, 0) is 10.5 Å². The summed E-state index contributed by atoms with van der Waals surface area (Å²) in [5.74, 6) is 1.11. The maximum atomic E-state index is 11.9. The number of nitrogens with zero attached hydrogens (tertiary/aromatic N) is 3. The van der Waals surface area contributed by atoms with Crippen LogP contribution in [0.2, 0.25) is 0 Å². The number of esters is 1. The number of carbonyl (C=O) groups excluding carboxylic acids is 1. The molecule has 0 amide bonds. The number of ether oxygens (including phenoxy) is 1. The molecule has 0 spiro atoms. The van der Waals surface area contributed by atoms with Crippen LogP contribution in [0.4, 0.5) is 0 Å². The zero-order valence-electron chi connectivity index (χ0n) is 14.2. The molecule has 0 N–H and O–H groups in total. The van der Waals surface area contributed by atoms with E-state index in [0.717, 1.165) is 0 Å². The highest BCUT2D eigenvalue weighted by Gasteiger charge is 2.17. The first-order chi connectivity index (χ1) is 12.6. The second-order valence-corrected chi connectivity index (χ2v) is 6.22. The summed E-state index contributed by atoms with van der Waals surface area (Å²) in [6.45, 7) is 3.70. The minimum atomic E-state index is -0.481. The van der Waals surface area contributed by atoms with Crippen LogP contribution in [0, 0.1) is 18.3 Å². The molecular formula is C18H15N3O4S. The van der Waals surface area contributed by atoms with Gasteiger partial charge in [-0.05, 0) is 32.0 Å². The summed E-state index contributed by atoms with van der Waals surface area (Å²) in [7, 11) is 0. The Morgan fingerprint density at radius 3 is 2.92 bits per heavy atom. The third kappa shape index (κ3) is 3.78. The molecule has 0 atom stereocenters. The number of aromatic nitrogens is 2. The lowest BCUT2D eigenvalue weighted by Crippen LogP contribution is -2.09. The fraction of sp³-hybridized carbons (Fsp3) is 0.222. The largest absolute Gasteiger partial charge is 0.462 e. The van der Waals surface area contributed by atoms with E-state index in [4.69, 9.17) is 13.7 Å². The van der Waals surface area contributed by atoms with E-state index in [1.165, 1.54) is 17.8 Å². The predicted molar refractivity (Wildman–Crippen MR) is 93.4 cm³/mol. The number of pyridine rings is 1. The van der Waals surface area contributed by atoms with Crippen LogP contribution in [0.25, 0.3) is 11.5 Å². The maximum Gasteiger partial charge on any atom is 0.340 e. The Labute approximate surface area is 154 Å². The molecule has 0 aromatic carbocycles. The summed E-state index contributed by atoms with van der Waals surface area (Å²) in [4.78, 5) is 16.3. The number of hydrogen-bond donors (Lipinski definition) is 0. The van der Waals surface area contributed by atoms with Crippen LogP contribution < -0.4 is 0 Å². The molecule has 3 aromatic heterocycles. The molecule has 0 aliphatic carbocycles. The van der Waals surface area contributed by atoms with Crippen molar-refractivity contribution in [3.8, 4) is 17.6 Å².